The van der Waals surface area contributed by atoms with Gasteiger partial charge in [-0.05, 0) is 24.3 Å². The first kappa shape index (κ1) is 13.3. The van der Waals surface area contributed by atoms with Crippen LogP contribution in [0, 0.1) is 0 Å². The monoisotopic (exact) mass is 305 g/mol. The average molecular weight is 306 g/mol. The Morgan fingerprint density at radius 1 is 1.10 bits per heavy atom. The highest BCUT2D eigenvalue weighted by Crippen LogP contribution is 2.25. The Morgan fingerprint density at radius 3 is 2.70 bits per heavy atom. The number of aryl methyl sites for hydroxylation is 1. The number of hydrogen-bond acceptors (Lipinski definition) is 2. The SMILES string of the molecule is Cn1nc(CNc2ccc(Cl)c(Cl)c2)c2ccccc21. The molecule has 0 aliphatic heterocycles. The molecule has 0 fully saturated rings. The molecule has 3 rings (SSSR count). The fourth-order valence-electron chi connectivity index (χ4n) is 2.21. The summed E-state index contributed by atoms with van der Waals surface area (Å²) in [5.41, 5.74) is 3.06. The molecule has 2 aromatic carbocycles. The molecule has 3 aromatic rings. The highest BCUT2D eigenvalue weighted by atomic mass is 35.5. The first-order chi connectivity index (χ1) is 9.65. The molecule has 102 valence electrons. The standard InChI is InChI=1S/C15H13Cl2N3/c1-20-15-5-3-2-4-11(15)14(19-20)9-18-10-6-7-12(16)13(17)8-10/h2-8,18H,9H2,1H3. The van der Waals surface area contributed by atoms with E-state index in [9.17, 15) is 0 Å². The number of benzene rings is 2. The van der Waals surface area contributed by atoms with Crippen molar-refractivity contribution in [1.29, 1.82) is 0 Å². The second-order valence-electron chi connectivity index (χ2n) is 4.57. The van der Waals surface area contributed by atoms with Gasteiger partial charge in [-0.1, -0.05) is 41.4 Å². The van der Waals surface area contributed by atoms with Gasteiger partial charge in [-0.15, -0.1) is 0 Å². The molecule has 0 spiro atoms. The summed E-state index contributed by atoms with van der Waals surface area (Å²) >= 11 is 11.9. The minimum absolute atomic E-state index is 0.544. The van der Waals surface area contributed by atoms with Gasteiger partial charge in [0.05, 0.1) is 27.8 Å². The molecule has 3 nitrogen and oxygen atoms in total. The van der Waals surface area contributed by atoms with Crippen LogP contribution >= 0.6 is 23.2 Å². The Labute approximate surface area is 127 Å². The molecule has 1 heterocycles. The van der Waals surface area contributed by atoms with Crippen molar-refractivity contribution in [3.05, 3.63) is 58.2 Å². The van der Waals surface area contributed by atoms with Gasteiger partial charge in [0.1, 0.15) is 0 Å². The van der Waals surface area contributed by atoms with Gasteiger partial charge >= 0.3 is 0 Å². The number of nitrogens with one attached hydrogen (secondary N) is 1. The van der Waals surface area contributed by atoms with Crippen LogP contribution in [0.25, 0.3) is 10.9 Å². The third-order valence-electron chi connectivity index (χ3n) is 3.21. The second kappa shape index (κ2) is 5.35. The number of rotatable bonds is 3. The lowest BCUT2D eigenvalue weighted by atomic mass is 10.2. The lowest BCUT2D eigenvalue weighted by molar-refractivity contribution is 0.771. The highest BCUT2D eigenvalue weighted by Gasteiger charge is 2.07. The van der Waals surface area contributed by atoms with Crippen LogP contribution in [-0.2, 0) is 13.6 Å². The van der Waals surface area contributed by atoms with E-state index in [4.69, 9.17) is 23.2 Å². The van der Waals surface area contributed by atoms with E-state index in [1.807, 2.05) is 36.0 Å². The number of nitrogens with zero attached hydrogens (tertiary/aromatic N) is 2. The van der Waals surface area contributed by atoms with Crippen LogP contribution in [0.3, 0.4) is 0 Å². The largest absolute Gasteiger partial charge is 0.379 e. The molecule has 0 atom stereocenters. The van der Waals surface area contributed by atoms with Gasteiger partial charge in [0, 0.05) is 18.1 Å². The first-order valence-electron chi connectivity index (χ1n) is 6.24. The molecular formula is C15H13Cl2N3. The third kappa shape index (κ3) is 2.47. The summed E-state index contributed by atoms with van der Waals surface area (Å²) < 4.78 is 1.89. The van der Waals surface area contributed by atoms with Crippen LogP contribution in [0.15, 0.2) is 42.5 Å². The van der Waals surface area contributed by atoms with Crippen molar-refractivity contribution in [2.75, 3.05) is 5.32 Å². The maximum atomic E-state index is 6.00. The van der Waals surface area contributed by atoms with Crippen molar-refractivity contribution in [1.82, 2.24) is 9.78 Å². The smallest absolute Gasteiger partial charge is 0.0894 e. The molecule has 0 aliphatic carbocycles. The van der Waals surface area contributed by atoms with E-state index in [0.717, 1.165) is 22.3 Å². The topological polar surface area (TPSA) is 29.9 Å². The van der Waals surface area contributed by atoms with Gasteiger partial charge < -0.3 is 5.32 Å². The zero-order chi connectivity index (χ0) is 14.1. The lowest BCUT2D eigenvalue weighted by Crippen LogP contribution is -2.01. The fraction of sp³-hybridized carbons (Fsp3) is 0.133. The Balaban J connectivity index is 1.85. The summed E-state index contributed by atoms with van der Waals surface area (Å²) in [5, 5.41) is 10.1. The number of aromatic nitrogens is 2. The first-order valence-corrected chi connectivity index (χ1v) is 7.00. The zero-order valence-corrected chi connectivity index (χ0v) is 12.4. The average Bonchev–Trinajstić information content (AvgIpc) is 2.78. The molecule has 0 bridgehead atoms. The maximum Gasteiger partial charge on any atom is 0.0894 e. The van der Waals surface area contributed by atoms with Gasteiger partial charge in [0.15, 0.2) is 0 Å². The number of fused-ring (bicyclic) bond motifs is 1. The van der Waals surface area contributed by atoms with Gasteiger partial charge in [-0.2, -0.15) is 5.10 Å². The quantitative estimate of drug-likeness (QED) is 0.772. The summed E-state index contributed by atoms with van der Waals surface area (Å²) in [5.74, 6) is 0. The van der Waals surface area contributed by atoms with E-state index in [1.165, 1.54) is 0 Å². The minimum atomic E-state index is 0.544. The molecule has 1 aromatic heterocycles. The van der Waals surface area contributed by atoms with Crippen LogP contribution in [-0.4, -0.2) is 9.78 Å². The van der Waals surface area contributed by atoms with Crippen molar-refractivity contribution in [3.63, 3.8) is 0 Å². The third-order valence-corrected chi connectivity index (χ3v) is 3.95. The molecular weight excluding hydrogens is 293 g/mol. The van der Waals surface area contributed by atoms with Crippen molar-refractivity contribution in [2.45, 2.75) is 6.54 Å². The maximum absolute atomic E-state index is 6.00. The van der Waals surface area contributed by atoms with Crippen LogP contribution < -0.4 is 5.32 Å². The van der Waals surface area contributed by atoms with Crippen molar-refractivity contribution in [2.24, 2.45) is 7.05 Å². The lowest BCUT2D eigenvalue weighted by Gasteiger charge is -2.06. The van der Waals surface area contributed by atoms with Gasteiger partial charge in [0.2, 0.25) is 0 Å². The summed E-state index contributed by atoms with van der Waals surface area (Å²) in [7, 11) is 1.95. The van der Waals surface area contributed by atoms with E-state index in [-0.39, 0.29) is 0 Å². The van der Waals surface area contributed by atoms with Gasteiger partial charge in [-0.25, -0.2) is 0 Å². The van der Waals surface area contributed by atoms with E-state index in [1.54, 1.807) is 6.07 Å². The molecule has 20 heavy (non-hydrogen) atoms. The number of hydrogen-bond donors (Lipinski definition) is 1. The predicted molar refractivity (Wildman–Crippen MR) is 84.5 cm³/mol. The van der Waals surface area contributed by atoms with Crippen molar-refractivity contribution in [3.8, 4) is 0 Å². The minimum Gasteiger partial charge on any atom is -0.379 e. The summed E-state index contributed by atoms with van der Waals surface area (Å²) in [6.07, 6.45) is 0. The number of halogens is 2. The van der Waals surface area contributed by atoms with Gasteiger partial charge in [0.25, 0.3) is 0 Å². The summed E-state index contributed by atoms with van der Waals surface area (Å²) in [4.78, 5) is 0. The fourth-order valence-corrected chi connectivity index (χ4v) is 2.51. The van der Waals surface area contributed by atoms with Crippen LogP contribution in [0.5, 0.6) is 0 Å². The zero-order valence-electron chi connectivity index (χ0n) is 10.9. The van der Waals surface area contributed by atoms with E-state index >= 15 is 0 Å². The van der Waals surface area contributed by atoms with Crippen molar-refractivity contribution >= 4 is 39.8 Å². The molecule has 0 saturated carbocycles. The van der Waals surface area contributed by atoms with Crippen LogP contribution in [0.1, 0.15) is 5.69 Å². The molecule has 5 heteroatoms. The Bertz CT molecular complexity index is 765. The normalized spacial score (nSPS) is 10.9. The Hall–Kier alpha value is -1.71. The van der Waals surface area contributed by atoms with E-state index in [0.29, 0.717) is 16.6 Å². The van der Waals surface area contributed by atoms with Crippen LogP contribution in [0.4, 0.5) is 5.69 Å². The molecule has 1 N–H and O–H groups in total. The molecule has 0 amide bonds. The number of anilines is 1. The number of para-hydroxylation sites is 1. The second-order valence-corrected chi connectivity index (χ2v) is 5.38. The van der Waals surface area contributed by atoms with Gasteiger partial charge in [-0.3, -0.25) is 4.68 Å². The van der Waals surface area contributed by atoms with Crippen molar-refractivity contribution < 1.29 is 0 Å². The summed E-state index contributed by atoms with van der Waals surface area (Å²) in [6, 6.07) is 13.7. The predicted octanol–water partition coefficient (Wildman–Crippen LogP) is 4.49. The van der Waals surface area contributed by atoms with E-state index < -0.39 is 0 Å². The highest BCUT2D eigenvalue weighted by molar-refractivity contribution is 6.42. The van der Waals surface area contributed by atoms with Crippen LogP contribution in [0.2, 0.25) is 10.0 Å². The Morgan fingerprint density at radius 2 is 1.90 bits per heavy atom. The molecule has 0 unspecified atom stereocenters. The molecule has 0 saturated heterocycles. The molecule has 0 aliphatic rings. The molecule has 0 radical (unpaired) electrons. The Kier molecular flexibility index (Phi) is 3.55. The van der Waals surface area contributed by atoms with E-state index in [2.05, 4.69) is 22.5 Å². The summed E-state index contributed by atoms with van der Waals surface area (Å²) in [6.45, 7) is 0.638.